The van der Waals surface area contributed by atoms with Crippen LogP contribution in [0.25, 0.3) is 0 Å². The van der Waals surface area contributed by atoms with E-state index in [2.05, 4.69) is 20.1 Å². The van der Waals surface area contributed by atoms with E-state index in [9.17, 15) is 4.79 Å². The second-order valence-corrected chi connectivity index (χ2v) is 7.78. The molecule has 9 heteroatoms. The van der Waals surface area contributed by atoms with E-state index < -0.39 is 0 Å². The molecule has 1 atom stereocenters. The number of hydrogen-bond acceptors (Lipinski definition) is 5. The van der Waals surface area contributed by atoms with Crippen molar-refractivity contribution in [1.82, 2.24) is 20.0 Å². The van der Waals surface area contributed by atoms with E-state index in [-0.39, 0.29) is 41.8 Å². The quantitative estimate of drug-likeness (QED) is 0.331. The van der Waals surface area contributed by atoms with Crippen LogP contribution in [-0.2, 0) is 14.3 Å². The molecule has 8 nitrogen and oxygen atoms in total. The van der Waals surface area contributed by atoms with Crippen LogP contribution in [0, 0.1) is 5.41 Å². The van der Waals surface area contributed by atoms with Gasteiger partial charge in [-0.3, -0.25) is 9.69 Å². The second-order valence-electron chi connectivity index (χ2n) is 7.78. The first kappa shape index (κ1) is 22.6. The maximum Gasteiger partial charge on any atom is 0.243 e. The first-order valence-corrected chi connectivity index (χ1v) is 9.69. The van der Waals surface area contributed by atoms with Gasteiger partial charge in [0, 0.05) is 65.4 Å². The van der Waals surface area contributed by atoms with Crippen LogP contribution in [0.4, 0.5) is 0 Å². The van der Waals surface area contributed by atoms with Crippen molar-refractivity contribution in [3.05, 3.63) is 0 Å². The Bertz CT molecular complexity index is 505. The number of likely N-dealkylation sites (tertiary alicyclic amines) is 1. The molecular formula is C18H34IN5O3. The van der Waals surface area contributed by atoms with Crippen LogP contribution in [0.5, 0.6) is 0 Å². The van der Waals surface area contributed by atoms with E-state index in [4.69, 9.17) is 9.47 Å². The summed E-state index contributed by atoms with van der Waals surface area (Å²) in [5.74, 6) is 0.882. The van der Waals surface area contributed by atoms with E-state index in [1.807, 2.05) is 0 Å². The maximum atomic E-state index is 12.0. The molecule has 3 fully saturated rings. The highest BCUT2D eigenvalue weighted by molar-refractivity contribution is 14.0. The van der Waals surface area contributed by atoms with Gasteiger partial charge in [0.15, 0.2) is 5.96 Å². The summed E-state index contributed by atoms with van der Waals surface area (Å²) in [5.41, 5.74) is 0.276. The first-order chi connectivity index (χ1) is 12.6. The van der Waals surface area contributed by atoms with Gasteiger partial charge in [0.1, 0.15) is 6.54 Å². The third-order valence-corrected chi connectivity index (χ3v) is 5.60. The molecule has 1 amide bonds. The van der Waals surface area contributed by atoms with Gasteiger partial charge in [-0.2, -0.15) is 0 Å². The lowest BCUT2D eigenvalue weighted by Crippen LogP contribution is -2.46. The van der Waals surface area contributed by atoms with Crippen molar-refractivity contribution < 1.29 is 14.3 Å². The predicted molar refractivity (Wildman–Crippen MR) is 116 cm³/mol. The summed E-state index contributed by atoms with van der Waals surface area (Å²) >= 11 is 0. The fourth-order valence-corrected chi connectivity index (χ4v) is 3.79. The average Bonchev–Trinajstić information content (AvgIpc) is 3.28. The number of amides is 1. The zero-order valence-electron chi connectivity index (χ0n) is 16.6. The molecule has 0 saturated carbocycles. The Hall–Kier alpha value is -0.650. The Labute approximate surface area is 179 Å². The van der Waals surface area contributed by atoms with E-state index >= 15 is 0 Å². The molecule has 3 aliphatic rings. The summed E-state index contributed by atoms with van der Waals surface area (Å²) in [7, 11) is 3.54. The van der Waals surface area contributed by atoms with Crippen LogP contribution in [0.3, 0.4) is 0 Å². The Morgan fingerprint density at radius 2 is 1.93 bits per heavy atom. The number of nitrogens with zero attached hydrogens (tertiary/aromatic N) is 4. The largest absolute Gasteiger partial charge is 0.381 e. The summed E-state index contributed by atoms with van der Waals surface area (Å²) < 4.78 is 11.0. The predicted octanol–water partition coefficient (Wildman–Crippen LogP) is 0.0828. The van der Waals surface area contributed by atoms with Crippen molar-refractivity contribution in [1.29, 1.82) is 0 Å². The van der Waals surface area contributed by atoms with E-state index in [1.165, 1.54) is 0 Å². The van der Waals surface area contributed by atoms with Gasteiger partial charge < -0.3 is 24.6 Å². The molecule has 27 heavy (non-hydrogen) atoms. The topological polar surface area (TPSA) is 69.6 Å². The molecule has 3 heterocycles. The molecular weight excluding hydrogens is 461 g/mol. The number of likely N-dealkylation sites (N-methyl/N-ethyl adjacent to an activating group) is 1. The fraction of sp³-hybridized carbons (Fsp3) is 0.889. The molecule has 156 valence electrons. The molecule has 1 N–H and O–H groups in total. The summed E-state index contributed by atoms with van der Waals surface area (Å²) in [5, 5.41) is 3.49. The van der Waals surface area contributed by atoms with Gasteiger partial charge in [0.2, 0.25) is 5.91 Å². The standard InChI is InChI=1S/C18H33N5O3.HI/c1-21(2)16(24)13-20-17(19-5-7-22-8-11-25-12-9-22)23-6-3-18(14-23)4-10-26-15-18;/h3-15H2,1-2H3,(H,19,20);1H. The maximum absolute atomic E-state index is 12.0. The summed E-state index contributed by atoms with van der Waals surface area (Å²) in [4.78, 5) is 22.9. The highest BCUT2D eigenvalue weighted by atomic mass is 127. The zero-order chi connectivity index (χ0) is 18.4. The van der Waals surface area contributed by atoms with Crippen molar-refractivity contribution in [3.63, 3.8) is 0 Å². The number of rotatable bonds is 5. The van der Waals surface area contributed by atoms with E-state index in [0.717, 1.165) is 84.5 Å². The van der Waals surface area contributed by atoms with Crippen LogP contribution in [0.15, 0.2) is 4.99 Å². The molecule has 0 radical (unpaired) electrons. The molecule has 0 aromatic rings. The minimum Gasteiger partial charge on any atom is -0.381 e. The SMILES string of the molecule is CN(C)C(=O)CN=C(NCCN1CCOCC1)N1CCC2(CCOC2)C1.I. The van der Waals surface area contributed by atoms with E-state index in [1.54, 1.807) is 19.0 Å². The fourth-order valence-electron chi connectivity index (χ4n) is 3.79. The normalized spacial score (nSPS) is 26.3. The number of guanidine groups is 1. The number of morpholine rings is 1. The van der Waals surface area contributed by atoms with Crippen LogP contribution in [0.2, 0.25) is 0 Å². The van der Waals surface area contributed by atoms with Gasteiger partial charge in [-0.05, 0) is 12.8 Å². The van der Waals surface area contributed by atoms with Gasteiger partial charge in [-0.15, -0.1) is 24.0 Å². The first-order valence-electron chi connectivity index (χ1n) is 9.69. The number of hydrogen-bond donors (Lipinski definition) is 1. The number of carbonyl (C=O) groups is 1. The highest BCUT2D eigenvalue weighted by Gasteiger charge is 2.42. The molecule has 1 unspecified atom stereocenters. The van der Waals surface area contributed by atoms with Gasteiger partial charge in [-0.1, -0.05) is 0 Å². The third-order valence-electron chi connectivity index (χ3n) is 5.60. The lowest BCUT2D eigenvalue weighted by Gasteiger charge is -2.28. The Balaban J connectivity index is 0.00000261. The zero-order valence-corrected chi connectivity index (χ0v) is 18.9. The summed E-state index contributed by atoms with van der Waals surface area (Å²) in [6.07, 6.45) is 2.26. The highest BCUT2D eigenvalue weighted by Crippen LogP contribution is 2.38. The number of ether oxygens (including phenoxy) is 2. The van der Waals surface area contributed by atoms with Crippen LogP contribution >= 0.6 is 24.0 Å². The van der Waals surface area contributed by atoms with Gasteiger partial charge in [-0.25, -0.2) is 4.99 Å². The van der Waals surface area contributed by atoms with Crippen LogP contribution in [0.1, 0.15) is 12.8 Å². The molecule has 0 aromatic carbocycles. The third kappa shape index (κ3) is 6.43. The summed E-state index contributed by atoms with van der Waals surface area (Å²) in [6, 6.07) is 0. The van der Waals surface area contributed by atoms with Crippen molar-refractivity contribution in [3.8, 4) is 0 Å². The van der Waals surface area contributed by atoms with Crippen molar-refractivity contribution in [2.45, 2.75) is 12.8 Å². The second kappa shape index (κ2) is 10.8. The molecule has 0 bridgehead atoms. The lowest BCUT2D eigenvalue weighted by atomic mass is 9.87. The Kier molecular flexibility index (Phi) is 9.03. The minimum atomic E-state index is 0. The van der Waals surface area contributed by atoms with Crippen molar-refractivity contribution in [2.75, 3.05) is 86.3 Å². The van der Waals surface area contributed by atoms with Crippen LogP contribution < -0.4 is 5.32 Å². The Morgan fingerprint density at radius 1 is 1.15 bits per heavy atom. The molecule has 0 aromatic heterocycles. The molecule has 0 aliphatic carbocycles. The van der Waals surface area contributed by atoms with Gasteiger partial charge >= 0.3 is 0 Å². The number of aliphatic imine (C=N–C) groups is 1. The van der Waals surface area contributed by atoms with E-state index in [0.29, 0.717) is 0 Å². The number of nitrogens with one attached hydrogen (secondary N) is 1. The Morgan fingerprint density at radius 3 is 2.59 bits per heavy atom. The van der Waals surface area contributed by atoms with Crippen molar-refractivity contribution >= 4 is 35.8 Å². The molecule has 3 aliphatic heterocycles. The molecule has 1 spiro atoms. The number of halogens is 1. The summed E-state index contributed by atoms with van der Waals surface area (Å²) in [6.45, 7) is 9.23. The minimum absolute atomic E-state index is 0. The smallest absolute Gasteiger partial charge is 0.243 e. The van der Waals surface area contributed by atoms with Crippen molar-refractivity contribution in [2.24, 2.45) is 10.4 Å². The van der Waals surface area contributed by atoms with Gasteiger partial charge in [0.05, 0.1) is 19.8 Å². The molecule has 3 rings (SSSR count). The lowest BCUT2D eigenvalue weighted by molar-refractivity contribution is -0.127. The van der Waals surface area contributed by atoms with Crippen LogP contribution in [-0.4, -0.2) is 113 Å². The molecule has 3 saturated heterocycles. The number of carbonyl (C=O) groups excluding carboxylic acids is 1. The monoisotopic (exact) mass is 495 g/mol. The van der Waals surface area contributed by atoms with Gasteiger partial charge in [0.25, 0.3) is 0 Å². The average molecular weight is 495 g/mol.